The second kappa shape index (κ2) is 6.26. The molecule has 0 saturated heterocycles. The summed E-state index contributed by atoms with van der Waals surface area (Å²) in [6.07, 6.45) is 3.02. The maximum absolute atomic E-state index is 11.7. The lowest BCUT2D eigenvalue weighted by Gasteiger charge is -2.11. The van der Waals surface area contributed by atoms with E-state index in [9.17, 15) is 4.79 Å². The zero-order valence-electron chi connectivity index (χ0n) is 10.1. The highest BCUT2D eigenvalue weighted by Gasteiger charge is 2.09. The first-order chi connectivity index (χ1) is 8.75. The number of aromatic amines is 1. The second-order valence-corrected chi connectivity index (χ2v) is 5.43. The van der Waals surface area contributed by atoms with E-state index in [1.165, 1.54) is 17.4 Å². The number of thioether (sulfide) groups is 1. The minimum atomic E-state index is -0.118. The number of benzene rings is 1. The van der Waals surface area contributed by atoms with Crippen LogP contribution in [-0.2, 0) is 0 Å². The van der Waals surface area contributed by atoms with Gasteiger partial charge in [0.25, 0.3) is 5.91 Å². The molecule has 0 aliphatic heterocycles. The summed E-state index contributed by atoms with van der Waals surface area (Å²) in [4.78, 5) is 19.5. The quantitative estimate of drug-likeness (QED) is 0.812. The van der Waals surface area contributed by atoms with Gasteiger partial charge in [0.1, 0.15) is 5.69 Å². The lowest BCUT2D eigenvalue weighted by Crippen LogP contribution is -2.29. The molecule has 1 heterocycles. The number of carbonyl (C=O) groups is 1. The SMILES string of the molecule is C[C@H](CNC(=O)c1cnc[nH]1)Sc1ccccc1. The van der Waals surface area contributed by atoms with Gasteiger partial charge in [-0.15, -0.1) is 11.8 Å². The number of imidazole rings is 1. The van der Waals surface area contributed by atoms with Crippen molar-refractivity contribution in [3.63, 3.8) is 0 Å². The van der Waals surface area contributed by atoms with Crippen LogP contribution in [0, 0.1) is 0 Å². The van der Waals surface area contributed by atoms with Crippen molar-refractivity contribution in [1.29, 1.82) is 0 Å². The molecule has 0 aliphatic rings. The van der Waals surface area contributed by atoms with Crippen LogP contribution < -0.4 is 5.32 Å². The Morgan fingerprint density at radius 2 is 2.22 bits per heavy atom. The van der Waals surface area contributed by atoms with E-state index >= 15 is 0 Å². The van der Waals surface area contributed by atoms with Crippen LogP contribution in [0.15, 0.2) is 47.8 Å². The first kappa shape index (κ1) is 12.7. The molecular weight excluding hydrogens is 246 g/mol. The van der Waals surface area contributed by atoms with E-state index in [1.54, 1.807) is 11.8 Å². The molecule has 4 nitrogen and oxygen atoms in total. The van der Waals surface area contributed by atoms with E-state index in [0.29, 0.717) is 17.5 Å². The Morgan fingerprint density at radius 3 is 2.89 bits per heavy atom. The van der Waals surface area contributed by atoms with Gasteiger partial charge in [-0.25, -0.2) is 4.98 Å². The summed E-state index contributed by atoms with van der Waals surface area (Å²) in [5, 5.41) is 3.19. The molecule has 1 atom stereocenters. The minimum Gasteiger partial charge on any atom is -0.350 e. The number of hydrogen-bond donors (Lipinski definition) is 2. The fourth-order valence-electron chi connectivity index (χ4n) is 1.48. The van der Waals surface area contributed by atoms with E-state index in [4.69, 9.17) is 0 Å². The van der Waals surface area contributed by atoms with Crippen molar-refractivity contribution in [2.24, 2.45) is 0 Å². The molecule has 1 aromatic heterocycles. The topological polar surface area (TPSA) is 57.8 Å². The van der Waals surface area contributed by atoms with Gasteiger partial charge in [-0.1, -0.05) is 25.1 Å². The molecule has 0 fully saturated rings. The van der Waals surface area contributed by atoms with Crippen molar-refractivity contribution in [2.45, 2.75) is 17.1 Å². The number of hydrogen-bond acceptors (Lipinski definition) is 3. The summed E-state index contributed by atoms with van der Waals surface area (Å²) in [7, 11) is 0. The Bertz CT molecular complexity index is 484. The molecule has 0 radical (unpaired) electrons. The number of rotatable bonds is 5. The molecule has 0 spiro atoms. The Hall–Kier alpha value is -1.75. The summed E-state index contributed by atoms with van der Waals surface area (Å²) < 4.78 is 0. The molecule has 0 bridgehead atoms. The van der Waals surface area contributed by atoms with E-state index in [2.05, 4.69) is 34.3 Å². The minimum absolute atomic E-state index is 0.118. The van der Waals surface area contributed by atoms with Crippen molar-refractivity contribution in [1.82, 2.24) is 15.3 Å². The average molecular weight is 261 g/mol. The Labute approximate surface area is 110 Å². The Morgan fingerprint density at radius 1 is 1.44 bits per heavy atom. The van der Waals surface area contributed by atoms with Crippen LogP contribution in [0.5, 0.6) is 0 Å². The molecule has 2 aromatic rings. The van der Waals surface area contributed by atoms with Crippen LogP contribution in [-0.4, -0.2) is 27.7 Å². The van der Waals surface area contributed by atoms with E-state index in [1.807, 2.05) is 18.2 Å². The van der Waals surface area contributed by atoms with Gasteiger partial charge in [-0.2, -0.15) is 0 Å². The molecule has 0 saturated carbocycles. The third-order valence-electron chi connectivity index (χ3n) is 2.37. The highest BCUT2D eigenvalue weighted by Crippen LogP contribution is 2.21. The van der Waals surface area contributed by atoms with Crippen molar-refractivity contribution >= 4 is 17.7 Å². The van der Waals surface area contributed by atoms with Crippen LogP contribution in [0.2, 0.25) is 0 Å². The summed E-state index contributed by atoms with van der Waals surface area (Å²) in [6.45, 7) is 2.71. The molecule has 18 heavy (non-hydrogen) atoms. The van der Waals surface area contributed by atoms with Crippen molar-refractivity contribution in [3.8, 4) is 0 Å². The standard InChI is InChI=1S/C13H15N3OS/c1-10(18-11-5-3-2-4-6-11)7-15-13(17)12-8-14-9-16-12/h2-6,8-10H,7H2,1H3,(H,14,16)(H,15,17)/t10-/m1/s1. The Kier molecular flexibility index (Phi) is 4.41. The zero-order chi connectivity index (χ0) is 12.8. The fourth-order valence-corrected chi connectivity index (χ4v) is 2.43. The number of nitrogens with zero attached hydrogens (tertiary/aromatic N) is 1. The van der Waals surface area contributed by atoms with Crippen LogP contribution in [0.3, 0.4) is 0 Å². The van der Waals surface area contributed by atoms with Gasteiger partial charge in [0.15, 0.2) is 0 Å². The summed E-state index contributed by atoms with van der Waals surface area (Å²) >= 11 is 1.74. The third-order valence-corrected chi connectivity index (χ3v) is 3.49. The highest BCUT2D eigenvalue weighted by atomic mass is 32.2. The third kappa shape index (κ3) is 3.63. The molecule has 2 rings (SSSR count). The zero-order valence-corrected chi connectivity index (χ0v) is 10.9. The second-order valence-electron chi connectivity index (χ2n) is 3.92. The van der Waals surface area contributed by atoms with Crippen LogP contribution in [0.25, 0.3) is 0 Å². The van der Waals surface area contributed by atoms with Gasteiger partial charge < -0.3 is 10.3 Å². The monoisotopic (exact) mass is 261 g/mol. The first-order valence-corrected chi connectivity index (χ1v) is 6.62. The summed E-state index contributed by atoms with van der Waals surface area (Å²) in [6, 6.07) is 10.2. The molecule has 5 heteroatoms. The first-order valence-electron chi connectivity index (χ1n) is 5.74. The summed E-state index contributed by atoms with van der Waals surface area (Å²) in [5.41, 5.74) is 0.493. The van der Waals surface area contributed by atoms with Gasteiger partial charge in [-0.3, -0.25) is 4.79 Å². The van der Waals surface area contributed by atoms with Gasteiger partial charge in [0.2, 0.25) is 0 Å². The largest absolute Gasteiger partial charge is 0.350 e. The number of amides is 1. The maximum atomic E-state index is 11.7. The van der Waals surface area contributed by atoms with Crippen molar-refractivity contribution < 1.29 is 4.79 Å². The van der Waals surface area contributed by atoms with Crippen molar-refractivity contribution in [2.75, 3.05) is 6.54 Å². The maximum Gasteiger partial charge on any atom is 0.269 e. The molecule has 1 aromatic carbocycles. The molecule has 2 N–H and O–H groups in total. The lowest BCUT2D eigenvalue weighted by atomic mass is 10.4. The smallest absolute Gasteiger partial charge is 0.269 e. The van der Waals surface area contributed by atoms with E-state index in [0.717, 1.165) is 0 Å². The van der Waals surface area contributed by atoms with E-state index in [-0.39, 0.29) is 5.91 Å². The number of nitrogens with one attached hydrogen (secondary N) is 2. The predicted molar refractivity (Wildman–Crippen MR) is 72.7 cm³/mol. The van der Waals surface area contributed by atoms with E-state index < -0.39 is 0 Å². The highest BCUT2D eigenvalue weighted by molar-refractivity contribution is 8.00. The summed E-state index contributed by atoms with van der Waals surface area (Å²) in [5.74, 6) is -0.118. The predicted octanol–water partition coefficient (Wildman–Crippen LogP) is 2.32. The average Bonchev–Trinajstić information content (AvgIpc) is 2.91. The van der Waals surface area contributed by atoms with Crippen LogP contribution in [0.1, 0.15) is 17.4 Å². The number of H-pyrrole nitrogens is 1. The molecule has 0 aliphatic carbocycles. The molecule has 94 valence electrons. The molecule has 1 amide bonds. The van der Waals surface area contributed by atoms with Gasteiger partial charge in [0.05, 0.1) is 12.5 Å². The Balaban J connectivity index is 1.78. The fraction of sp³-hybridized carbons (Fsp3) is 0.231. The van der Waals surface area contributed by atoms with Crippen LogP contribution >= 0.6 is 11.8 Å². The normalized spacial score (nSPS) is 12.1. The molecular formula is C13H15N3OS. The van der Waals surface area contributed by atoms with Gasteiger partial charge in [-0.05, 0) is 12.1 Å². The lowest BCUT2D eigenvalue weighted by molar-refractivity contribution is 0.0949. The molecule has 0 unspecified atom stereocenters. The van der Waals surface area contributed by atoms with Gasteiger partial charge in [0, 0.05) is 16.7 Å². The number of carbonyl (C=O) groups excluding carboxylic acids is 1. The number of aromatic nitrogens is 2. The van der Waals surface area contributed by atoms with Crippen LogP contribution in [0.4, 0.5) is 0 Å². The van der Waals surface area contributed by atoms with Gasteiger partial charge >= 0.3 is 0 Å². The van der Waals surface area contributed by atoms with Crippen molar-refractivity contribution in [3.05, 3.63) is 48.5 Å².